The zero-order valence-electron chi connectivity index (χ0n) is 12.8. The fourth-order valence-electron chi connectivity index (χ4n) is 4.19. The van der Waals surface area contributed by atoms with Crippen LogP contribution >= 0.6 is 0 Å². The molecule has 4 heteroatoms. The number of hydrogen-bond acceptors (Lipinski definition) is 2. The summed E-state index contributed by atoms with van der Waals surface area (Å²) in [4.78, 5) is 22.9. The van der Waals surface area contributed by atoms with E-state index in [9.17, 15) is 9.59 Å². The van der Waals surface area contributed by atoms with Gasteiger partial charge in [0, 0.05) is 6.54 Å². The molecule has 1 amide bonds. The summed E-state index contributed by atoms with van der Waals surface area (Å²) in [7, 11) is 0. The van der Waals surface area contributed by atoms with Crippen LogP contribution in [0.4, 0.5) is 0 Å². The summed E-state index contributed by atoms with van der Waals surface area (Å²) < 4.78 is 0. The number of fused-ring (bicyclic) bond motifs is 2. The lowest BCUT2D eigenvalue weighted by Gasteiger charge is -2.21. The van der Waals surface area contributed by atoms with E-state index in [1.165, 1.54) is 25.7 Å². The molecule has 2 fully saturated rings. The highest BCUT2D eigenvalue weighted by atomic mass is 16.4. The number of carboxylic acids is 1. The van der Waals surface area contributed by atoms with E-state index < -0.39 is 5.97 Å². The average molecular weight is 301 g/mol. The number of carbonyl (C=O) groups is 2. The summed E-state index contributed by atoms with van der Waals surface area (Å²) in [5.74, 6) is 1.66. The quantitative estimate of drug-likeness (QED) is 0.849. The average Bonchev–Trinajstić information content (AvgIpc) is 3.10. The second-order valence-corrected chi connectivity index (χ2v) is 6.76. The maximum Gasteiger partial charge on any atom is 0.335 e. The molecule has 0 radical (unpaired) electrons. The van der Waals surface area contributed by atoms with Crippen molar-refractivity contribution in [3.63, 3.8) is 0 Å². The van der Waals surface area contributed by atoms with Gasteiger partial charge in [-0.3, -0.25) is 4.79 Å². The molecule has 2 saturated carbocycles. The number of nitrogens with one attached hydrogen (secondary N) is 1. The molecule has 1 aromatic carbocycles. The van der Waals surface area contributed by atoms with Crippen LogP contribution in [0.25, 0.3) is 0 Å². The Bertz CT molecular complexity index is 569. The van der Waals surface area contributed by atoms with Crippen molar-refractivity contribution in [1.82, 2.24) is 5.32 Å². The molecule has 2 aliphatic rings. The van der Waals surface area contributed by atoms with Crippen LogP contribution in [0.3, 0.4) is 0 Å². The maximum atomic E-state index is 12.0. The molecule has 0 aliphatic heterocycles. The third-order valence-corrected chi connectivity index (χ3v) is 5.26. The van der Waals surface area contributed by atoms with Crippen molar-refractivity contribution in [2.45, 2.75) is 38.5 Å². The summed E-state index contributed by atoms with van der Waals surface area (Å²) in [5.41, 5.74) is 0.976. The normalized spacial score (nSPS) is 26.1. The number of hydrogen-bond donors (Lipinski definition) is 2. The molecule has 1 aromatic rings. The van der Waals surface area contributed by atoms with Gasteiger partial charge in [-0.05, 0) is 61.1 Å². The summed E-state index contributed by atoms with van der Waals surface area (Å²) in [6.07, 6.45) is 6.88. The predicted octanol–water partition coefficient (Wildman–Crippen LogP) is 2.87. The highest BCUT2D eigenvalue weighted by Crippen LogP contribution is 2.49. The lowest BCUT2D eigenvalue weighted by molar-refractivity contribution is -0.120. The van der Waals surface area contributed by atoms with Gasteiger partial charge in [0.05, 0.1) is 12.0 Å². The van der Waals surface area contributed by atoms with Gasteiger partial charge < -0.3 is 10.4 Å². The fraction of sp³-hybridized carbons (Fsp3) is 0.556. The highest BCUT2D eigenvalue weighted by Gasteiger charge is 2.38. The van der Waals surface area contributed by atoms with E-state index in [2.05, 4.69) is 5.32 Å². The lowest BCUT2D eigenvalue weighted by atomic mass is 9.86. The Labute approximate surface area is 130 Å². The summed E-state index contributed by atoms with van der Waals surface area (Å²) in [5, 5.41) is 11.9. The van der Waals surface area contributed by atoms with Crippen molar-refractivity contribution >= 4 is 11.9 Å². The Morgan fingerprint density at radius 2 is 2.09 bits per heavy atom. The first-order chi connectivity index (χ1) is 10.6. The summed E-state index contributed by atoms with van der Waals surface area (Å²) in [6, 6.07) is 6.58. The van der Waals surface area contributed by atoms with Crippen LogP contribution in [0.2, 0.25) is 0 Å². The maximum absolute atomic E-state index is 12.0. The third-order valence-electron chi connectivity index (χ3n) is 5.26. The molecule has 3 atom stereocenters. The van der Waals surface area contributed by atoms with Gasteiger partial charge in [0.25, 0.3) is 0 Å². The largest absolute Gasteiger partial charge is 0.478 e. The SMILES string of the molecule is O=C(Cc1cccc(C(=O)O)c1)NCCC1CC2CCC1C2. The van der Waals surface area contributed by atoms with Gasteiger partial charge >= 0.3 is 5.97 Å². The van der Waals surface area contributed by atoms with Gasteiger partial charge in [0.1, 0.15) is 0 Å². The second kappa shape index (κ2) is 6.51. The second-order valence-electron chi connectivity index (χ2n) is 6.76. The molecule has 22 heavy (non-hydrogen) atoms. The monoisotopic (exact) mass is 301 g/mol. The standard InChI is InChI=1S/C18H23NO3/c20-17(11-12-2-1-3-16(10-12)18(21)22)19-7-6-15-9-13-4-5-14(15)8-13/h1-3,10,13-15H,4-9,11H2,(H,19,20)(H,21,22). The van der Waals surface area contributed by atoms with Crippen LogP contribution in [0.15, 0.2) is 24.3 Å². The van der Waals surface area contributed by atoms with Crippen molar-refractivity contribution in [2.24, 2.45) is 17.8 Å². The Balaban J connectivity index is 1.42. The van der Waals surface area contributed by atoms with Crippen molar-refractivity contribution in [2.75, 3.05) is 6.54 Å². The van der Waals surface area contributed by atoms with Crippen LogP contribution in [0.1, 0.15) is 48.0 Å². The van der Waals surface area contributed by atoms with Crippen LogP contribution in [-0.4, -0.2) is 23.5 Å². The zero-order valence-corrected chi connectivity index (χ0v) is 12.8. The molecule has 2 bridgehead atoms. The zero-order chi connectivity index (χ0) is 15.5. The number of rotatable bonds is 6. The smallest absolute Gasteiger partial charge is 0.335 e. The van der Waals surface area contributed by atoms with E-state index in [1.807, 2.05) is 0 Å². The third kappa shape index (κ3) is 3.49. The number of amides is 1. The Morgan fingerprint density at radius 3 is 2.77 bits per heavy atom. The first kappa shape index (κ1) is 15.1. The molecular formula is C18H23NO3. The molecule has 0 saturated heterocycles. The number of benzene rings is 1. The molecule has 3 unspecified atom stereocenters. The topological polar surface area (TPSA) is 66.4 Å². The minimum atomic E-state index is -0.960. The molecule has 2 N–H and O–H groups in total. The number of aromatic carboxylic acids is 1. The fourth-order valence-corrected chi connectivity index (χ4v) is 4.19. The van der Waals surface area contributed by atoms with Crippen molar-refractivity contribution in [1.29, 1.82) is 0 Å². The van der Waals surface area contributed by atoms with Crippen LogP contribution in [-0.2, 0) is 11.2 Å². The molecular weight excluding hydrogens is 278 g/mol. The first-order valence-electron chi connectivity index (χ1n) is 8.20. The summed E-state index contributed by atoms with van der Waals surface area (Å²) in [6.45, 7) is 0.741. The highest BCUT2D eigenvalue weighted by molar-refractivity contribution is 5.88. The van der Waals surface area contributed by atoms with Gasteiger partial charge in [-0.1, -0.05) is 18.6 Å². The molecule has 118 valence electrons. The van der Waals surface area contributed by atoms with E-state index >= 15 is 0 Å². The van der Waals surface area contributed by atoms with E-state index in [1.54, 1.807) is 24.3 Å². The van der Waals surface area contributed by atoms with Crippen LogP contribution in [0.5, 0.6) is 0 Å². The predicted molar refractivity (Wildman–Crippen MR) is 83.7 cm³/mol. The minimum Gasteiger partial charge on any atom is -0.478 e. The van der Waals surface area contributed by atoms with E-state index in [0.717, 1.165) is 36.3 Å². The molecule has 2 aliphatic carbocycles. The Hall–Kier alpha value is -1.84. The van der Waals surface area contributed by atoms with Gasteiger partial charge in [-0.2, -0.15) is 0 Å². The van der Waals surface area contributed by atoms with E-state index in [-0.39, 0.29) is 17.9 Å². The van der Waals surface area contributed by atoms with Crippen LogP contribution < -0.4 is 5.32 Å². The van der Waals surface area contributed by atoms with Gasteiger partial charge in [-0.25, -0.2) is 4.79 Å². The van der Waals surface area contributed by atoms with Gasteiger partial charge in [-0.15, -0.1) is 0 Å². The molecule has 3 rings (SSSR count). The molecule has 4 nitrogen and oxygen atoms in total. The van der Waals surface area contributed by atoms with E-state index in [0.29, 0.717) is 0 Å². The Kier molecular flexibility index (Phi) is 4.46. The number of carbonyl (C=O) groups excluding carboxylic acids is 1. The van der Waals surface area contributed by atoms with Gasteiger partial charge in [0.2, 0.25) is 5.91 Å². The molecule has 0 spiro atoms. The Morgan fingerprint density at radius 1 is 1.23 bits per heavy atom. The van der Waals surface area contributed by atoms with E-state index in [4.69, 9.17) is 5.11 Å². The first-order valence-corrected chi connectivity index (χ1v) is 8.20. The van der Waals surface area contributed by atoms with Gasteiger partial charge in [0.15, 0.2) is 0 Å². The number of carboxylic acid groups (broad SMARTS) is 1. The molecule has 0 heterocycles. The minimum absolute atomic E-state index is 0.0225. The van der Waals surface area contributed by atoms with Crippen LogP contribution in [0, 0.1) is 17.8 Å². The molecule has 0 aromatic heterocycles. The van der Waals surface area contributed by atoms with Crippen molar-refractivity contribution < 1.29 is 14.7 Å². The van der Waals surface area contributed by atoms with Crippen molar-refractivity contribution in [3.05, 3.63) is 35.4 Å². The summed E-state index contributed by atoms with van der Waals surface area (Å²) >= 11 is 0. The van der Waals surface area contributed by atoms with Crippen molar-refractivity contribution in [3.8, 4) is 0 Å². The lowest BCUT2D eigenvalue weighted by Crippen LogP contribution is -2.28.